The van der Waals surface area contributed by atoms with Crippen molar-refractivity contribution in [3.05, 3.63) is 36.0 Å². The van der Waals surface area contributed by atoms with Gasteiger partial charge in [0.1, 0.15) is 0 Å². The normalized spacial score (nSPS) is 19.1. The van der Waals surface area contributed by atoms with Gasteiger partial charge in [-0.1, -0.05) is 18.2 Å². The molecular weight excluding hydrogens is 224 g/mol. The predicted octanol–water partition coefficient (Wildman–Crippen LogP) is 2.21. The van der Waals surface area contributed by atoms with Crippen LogP contribution >= 0.6 is 0 Å². The van der Waals surface area contributed by atoms with Crippen molar-refractivity contribution in [1.29, 1.82) is 0 Å². The molecule has 1 unspecified atom stereocenters. The Morgan fingerprint density at radius 3 is 2.72 bits per heavy atom. The zero-order valence-electron chi connectivity index (χ0n) is 11.0. The number of hydrogen-bond acceptors (Lipinski definition) is 2. The molecule has 1 atom stereocenters. The van der Waals surface area contributed by atoms with Gasteiger partial charge >= 0.3 is 0 Å². The maximum absolute atomic E-state index is 9.65. The van der Waals surface area contributed by atoms with Gasteiger partial charge in [0, 0.05) is 35.6 Å². The molecule has 1 aliphatic rings. The lowest BCUT2D eigenvalue weighted by Gasteiger charge is -2.24. The third-order valence-corrected chi connectivity index (χ3v) is 4.35. The fourth-order valence-corrected chi connectivity index (χ4v) is 3.09. The minimum absolute atomic E-state index is 0.0544. The maximum atomic E-state index is 9.65. The lowest BCUT2D eigenvalue weighted by molar-refractivity contribution is 0.176. The Balaban J connectivity index is 2.13. The van der Waals surface area contributed by atoms with Crippen molar-refractivity contribution in [1.82, 2.24) is 9.88 Å². The Morgan fingerprint density at radius 2 is 2.11 bits per heavy atom. The summed E-state index contributed by atoms with van der Waals surface area (Å²) in [6.45, 7) is 0.266. The second-order valence-electron chi connectivity index (χ2n) is 5.45. The van der Waals surface area contributed by atoms with Crippen molar-refractivity contribution in [2.75, 3.05) is 13.7 Å². The minimum atomic E-state index is 0.0544. The molecule has 1 fully saturated rings. The van der Waals surface area contributed by atoms with Crippen LogP contribution < -0.4 is 5.32 Å². The van der Waals surface area contributed by atoms with Crippen LogP contribution in [0.2, 0.25) is 0 Å². The van der Waals surface area contributed by atoms with Crippen LogP contribution in [0.25, 0.3) is 10.9 Å². The van der Waals surface area contributed by atoms with Crippen LogP contribution in [0.15, 0.2) is 30.5 Å². The Morgan fingerprint density at radius 1 is 1.39 bits per heavy atom. The first kappa shape index (κ1) is 11.8. The molecule has 2 aromatic rings. The molecule has 1 saturated carbocycles. The molecule has 3 nitrogen and oxygen atoms in total. The van der Waals surface area contributed by atoms with Crippen molar-refractivity contribution >= 4 is 10.9 Å². The summed E-state index contributed by atoms with van der Waals surface area (Å²) in [4.78, 5) is 0. The van der Waals surface area contributed by atoms with Gasteiger partial charge in [-0.15, -0.1) is 0 Å². The van der Waals surface area contributed by atoms with Crippen LogP contribution in [0.5, 0.6) is 0 Å². The molecule has 0 amide bonds. The number of aryl methyl sites for hydroxylation is 1. The highest BCUT2D eigenvalue weighted by atomic mass is 16.3. The molecule has 1 aliphatic carbocycles. The molecule has 0 spiro atoms. The van der Waals surface area contributed by atoms with Gasteiger partial charge in [0.25, 0.3) is 0 Å². The average molecular weight is 244 g/mol. The van der Waals surface area contributed by atoms with Crippen LogP contribution in [0.3, 0.4) is 0 Å². The maximum Gasteiger partial charge on any atom is 0.0505 e. The first-order valence-corrected chi connectivity index (χ1v) is 6.54. The van der Waals surface area contributed by atoms with Crippen molar-refractivity contribution in [2.24, 2.45) is 12.5 Å². The molecule has 0 bridgehead atoms. The number of fused-ring (bicyclic) bond motifs is 1. The molecule has 18 heavy (non-hydrogen) atoms. The van der Waals surface area contributed by atoms with E-state index in [1.807, 2.05) is 7.05 Å². The third kappa shape index (κ3) is 1.58. The van der Waals surface area contributed by atoms with Gasteiger partial charge in [0.05, 0.1) is 6.61 Å². The fraction of sp³-hybridized carbons (Fsp3) is 0.467. The van der Waals surface area contributed by atoms with Crippen LogP contribution in [0, 0.1) is 5.41 Å². The van der Waals surface area contributed by atoms with E-state index in [0.717, 1.165) is 12.8 Å². The fourth-order valence-electron chi connectivity index (χ4n) is 3.09. The molecule has 0 saturated heterocycles. The number of aliphatic hydroxyl groups is 1. The van der Waals surface area contributed by atoms with Gasteiger partial charge in [0.15, 0.2) is 0 Å². The minimum Gasteiger partial charge on any atom is -0.396 e. The number of nitrogens with one attached hydrogen (secondary N) is 1. The van der Waals surface area contributed by atoms with E-state index in [2.05, 4.69) is 47.4 Å². The molecule has 1 aromatic carbocycles. The van der Waals surface area contributed by atoms with Crippen LogP contribution in [0.1, 0.15) is 24.4 Å². The summed E-state index contributed by atoms with van der Waals surface area (Å²) in [5.74, 6) is 0. The zero-order chi connectivity index (χ0) is 12.8. The predicted molar refractivity (Wildman–Crippen MR) is 73.5 cm³/mol. The highest BCUT2D eigenvalue weighted by molar-refractivity contribution is 5.84. The van der Waals surface area contributed by atoms with Crippen molar-refractivity contribution in [3.8, 4) is 0 Å². The largest absolute Gasteiger partial charge is 0.396 e. The van der Waals surface area contributed by atoms with Crippen LogP contribution in [0.4, 0.5) is 0 Å². The molecule has 3 heteroatoms. The number of rotatable bonds is 4. The average Bonchev–Trinajstić information content (AvgIpc) is 3.12. The molecule has 0 aliphatic heterocycles. The molecule has 3 rings (SSSR count). The number of aromatic nitrogens is 1. The van der Waals surface area contributed by atoms with E-state index in [1.54, 1.807) is 0 Å². The monoisotopic (exact) mass is 244 g/mol. The summed E-state index contributed by atoms with van der Waals surface area (Å²) >= 11 is 0. The van der Waals surface area contributed by atoms with E-state index in [1.165, 1.54) is 16.5 Å². The van der Waals surface area contributed by atoms with Gasteiger partial charge in [-0.05, 0) is 31.5 Å². The standard InChI is InChI=1S/C15H20N2O/c1-16-14(15(10-18)7-8-15)12-9-17(2)13-6-4-3-5-11(12)13/h3-6,9,14,16,18H,7-8,10H2,1-2H3. The lowest BCUT2D eigenvalue weighted by Crippen LogP contribution is -2.29. The second kappa shape index (κ2) is 4.11. The quantitative estimate of drug-likeness (QED) is 0.865. The number of hydrogen-bond donors (Lipinski definition) is 2. The zero-order valence-corrected chi connectivity index (χ0v) is 11.0. The van der Waals surface area contributed by atoms with Gasteiger partial charge in [0.2, 0.25) is 0 Å². The third-order valence-electron chi connectivity index (χ3n) is 4.35. The van der Waals surface area contributed by atoms with Crippen LogP contribution in [-0.2, 0) is 7.05 Å². The summed E-state index contributed by atoms with van der Waals surface area (Å²) in [5, 5.41) is 14.3. The second-order valence-corrected chi connectivity index (χ2v) is 5.45. The van der Waals surface area contributed by atoms with Gasteiger partial charge in [-0.25, -0.2) is 0 Å². The number of benzene rings is 1. The molecular formula is C15H20N2O. The summed E-state index contributed by atoms with van der Waals surface area (Å²) < 4.78 is 2.17. The number of para-hydroxylation sites is 1. The first-order chi connectivity index (χ1) is 8.72. The number of nitrogens with zero attached hydrogens (tertiary/aromatic N) is 1. The number of aliphatic hydroxyl groups excluding tert-OH is 1. The van der Waals surface area contributed by atoms with E-state index in [-0.39, 0.29) is 18.1 Å². The summed E-state index contributed by atoms with van der Waals surface area (Å²) in [7, 11) is 4.07. The van der Waals surface area contributed by atoms with Gasteiger partial charge in [-0.2, -0.15) is 0 Å². The van der Waals surface area contributed by atoms with Gasteiger partial charge < -0.3 is 15.0 Å². The summed E-state index contributed by atoms with van der Waals surface area (Å²) in [6.07, 6.45) is 4.41. The van der Waals surface area contributed by atoms with Crippen molar-refractivity contribution < 1.29 is 5.11 Å². The lowest BCUT2D eigenvalue weighted by atomic mass is 9.90. The van der Waals surface area contributed by atoms with Crippen molar-refractivity contribution in [2.45, 2.75) is 18.9 Å². The highest BCUT2D eigenvalue weighted by Gasteiger charge is 2.49. The molecule has 2 N–H and O–H groups in total. The first-order valence-electron chi connectivity index (χ1n) is 6.54. The van der Waals surface area contributed by atoms with Gasteiger partial charge in [-0.3, -0.25) is 0 Å². The van der Waals surface area contributed by atoms with Crippen LogP contribution in [-0.4, -0.2) is 23.3 Å². The van der Waals surface area contributed by atoms with E-state index in [4.69, 9.17) is 0 Å². The summed E-state index contributed by atoms with van der Waals surface area (Å²) in [5.41, 5.74) is 2.61. The SMILES string of the molecule is CNC(c1cn(C)c2ccccc12)C1(CO)CC1. The Kier molecular flexibility index (Phi) is 2.68. The van der Waals surface area contributed by atoms with E-state index in [9.17, 15) is 5.11 Å². The molecule has 0 radical (unpaired) electrons. The van der Waals surface area contributed by atoms with E-state index < -0.39 is 0 Å². The van der Waals surface area contributed by atoms with Crippen molar-refractivity contribution in [3.63, 3.8) is 0 Å². The smallest absolute Gasteiger partial charge is 0.0505 e. The molecule has 1 aromatic heterocycles. The van der Waals surface area contributed by atoms with E-state index >= 15 is 0 Å². The Bertz CT molecular complexity index is 569. The Labute approximate surface area is 107 Å². The summed E-state index contributed by atoms with van der Waals surface area (Å²) in [6, 6.07) is 8.71. The molecule has 1 heterocycles. The highest BCUT2D eigenvalue weighted by Crippen LogP contribution is 2.55. The molecule has 96 valence electrons. The van der Waals surface area contributed by atoms with E-state index in [0.29, 0.717) is 0 Å². The topological polar surface area (TPSA) is 37.2 Å². The Hall–Kier alpha value is -1.32.